The SMILES string of the molecule is CCOC(=O)C1(C)CN(CC(=O)N(C)c2ccc(Br)cc2)N=C1c1ccc(C(F)(F)F)c(Cl)c1. The van der Waals surface area contributed by atoms with E-state index in [1.165, 1.54) is 16.0 Å². The van der Waals surface area contributed by atoms with Crippen molar-refractivity contribution in [2.45, 2.75) is 20.0 Å². The van der Waals surface area contributed by atoms with Gasteiger partial charge in [-0.05, 0) is 50.2 Å². The van der Waals surface area contributed by atoms with E-state index in [4.69, 9.17) is 16.3 Å². The molecular formula is C23H22BrClF3N3O3. The number of ether oxygens (including phenoxy) is 1. The summed E-state index contributed by atoms with van der Waals surface area (Å²) in [4.78, 5) is 27.2. The van der Waals surface area contributed by atoms with Crippen LogP contribution in [0.1, 0.15) is 25.0 Å². The van der Waals surface area contributed by atoms with Crippen molar-refractivity contribution in [1.82, 2.24) is 5.01 Å². The number of amides is 1. The minimum absolute atomic E-state index is 0.0136. The molecule has 11 heteroatoms. The Balaban J connectivity index is 1.92. The van der Waals surface area contributed by atoms with Crippen molar-refractivity contribution < 1.29 is 27.5 Å². The smallest absolute Gasteiger partial charge is 0.417 e. The zero-order valence-electron chi connectivity index (χ0n) is 18.6. The Hall–Kier alpha value is -2.59. The summed E-state index contributed by atoms with van der Waals surface area (Å²) in [6.07, 6.45) is -4.62. The molecule has 0 saturated carbocycles. The van der Waals surface area contributed by atoms with E-state index in [1.807, 2.05) is 0 Å². The van der Waals surface area contributed by atoms with Crippen LogP contribution in [0.15, 0.2) is 52.0 Å². The molecule has 2 aromatic rings. The largest absolute Gasteiger partial charge is 0.465 e. The lowest BCUT2D eigenvalue weighted by Gasteiger charge is -2.25. The van der Waals surface area contributed by atoms with Crippen molar-refractivity contribution >= 4 is 50.8 Å². The predicted octanol–water partition coefficient (Wildman–Crippen LogP) is 5.37. The molecule has 0 aromatic heterocycles. The fourth-order valence-electron chi connectivity index (χ4n) is 3.61. The van der Waals surface area contributed by atoms with Gasteiger partial charge in [0.15, 0.2) is 0 Å². The van der Waals surface area contributed by atoms with Gasteiger partial charge in [0.2, 0.25) is 5.91 Å². The number of esters is 1. The Morgan fingerprint density at radius 1 is 1.24 bits per heavy atom. The van der Waals surface area contributed by atoms with E-state index < -0.39 is 28.1 Å². The van der Waals surface area contributed by atoms with Crippen molar-refractivity contribution in [3.05, 3.63) is 63.1 Å². The lowest BCUT2D eigenvalue weighted by Crippen LogP contribution is -2.42. The molecule has 0 radical (unpaired) electrons. The third-order valence-electron chi connectivity index (χ3n) is 5.44. The normalized spacial score (nSPS) is 18.0. The number of nitrogens with zero attached hydrogens (tertiary/aromatic N) is 3. The summed E-state index contributed by atoms with van der Waals surface area (Å²) in [5, 5.41) is 5.33. The lowest BCUT2D eigenvalue weighted by molar-refractivity contribution is -0.150. The van der Waals surface area contributed by atoms with Crippen molar-refractivity contribution in [1.29, 1.82) is 0 Å². The Morgan fingerprint density at radius 3 is 2.44 bits per heavy atom. The second-order valence-electron chi connectivity index (χ2n) is 7.95. The summed E-state index contributed by atoms with van der Waals surface area (Å²) in [6.45, 7) is 3.20. The maximum Gasteiger partial charge on any atom is 0.417 e. The van der Waals surface area contributed by atoms with Crippen molar-refractivity contribution in [3.63, 3.8) is 0 Å². The van der Waals surface area contributed by atoms with Crippen LogP contribution >= 0.6 is 27.5 Å². The molecule has 1 atom stereocenters. The molecule has 34 heavy (non-hydrogen) atoms. The number of carbonyl (C=O) groups excluding carboxylic acids is 2. The summed E-state index contributed by atoms with van der Waals surface area (Å²) in [5.74, 6) is -0.884. The van der Waals surface area contributed by atoms with Crippen LogP contribution < -0.4 is 4.90 Å². The standard InChI is InChI=1S/C23H22BrClF3N3O3/c1-4-34-21(33)22(2)13-31(12-19(32)30(3)16-8-6-15(24)7-9-16)29-20(22)14-5-10-17(18(25)11-14)23(26,27)28/h5-11H,4,12-13H2,1-3H3. The quantitative estimate of drug-likeness (QED) is 0.446. The van der Waals surface area contributed by atoms with Crippen LogP contribution in [-0.4, -0.2) is 49.3 Å². The molecule has 6 nitrogen and oxygen atoms in total. The van der Waals surface area contributed by atoms with E-state index >= 15 is 0 Å². The molecular weight excluding hydrogens is 539 g/mol. The molecule has 2 aromatic carbocycles. The molecule has 3 rings (SSSR count). The minimum Gasteiger partial charge on any atom is -0.465 e. The molecule has 0 bridgehead atoms. The number of alkyl halides is 3. The molecule has 0 N–H and O–H groups in total. The van der Waals surface area contributed by atoms with Gasteiger partial charge in [0.25, 0.3) is 0 Å². The van der Waals surface area contributed by atoms with Crippen molar-refractivity contribution in [3.8, 4) is 0 Å². The van der Waals surface area contributed by atoms with Crippen LogP contribution in [0.3, 0.4) is 0 Å². The first-order valence-corrected chi connectivity index (χ1v) is 11.4. The molecule has 0 spiro atoms. The highest BCUT2D eigenvalue weighted by atomic mass is 79.9. The summed E-state index contributed by atoms with van der Waals surface area (Å²) in [6, 6.07) is 10.3. The van der Waals surface area contributed by atoms with Gasteiger partial charge in [-0.25, -0.2) is 0 Å². The van der Waals surface area contributed by atoms with Gasteiger partial charge in [0.05, 0.1) is 29.4 Å². The van der Waals surface area contributed by atoms with Crippen LogP contribution in [-0.2, 0) is 20.5 Å². The number of hydrazone groups is 1. The molecule has 0 aliphatic carbocycles. The fourth-order valence-corrected chi connectivity index (χ4v) is 4.16. The van der Waals surface area contributed by atoms with E-state index in [-0.39, 0.29) is 36.9 Å². The molecule has 1 aliphatic heterocycles. The Morgan fingerprint density at radius 2 is 1.88 bits per heavy atom. The first-order chi connectivity index (χ1) is 15.9. The zero-order valence-corrected chi connectivity index (χ0v) is 21.0. The second kappa shape index (κ2) is 9.95. The van der Waals surface area contributed by atoms with Crippen LogP contribution in [0.4, 0.5) is 18.9 Å². The monoisotopic (exact) mass is 559 g/mol. The average molecular weight is 561 g/mol. The van der Waals surface area contributed by atoms with Gasteiger partial charge in [0, 0.05) is 22.8 Å². The first kappa shape index (κ1) is 26.0. The van der Waals surface area contributed by atoms with Gasteiger partial charge in [-0.2, -0.15) is 18.3 Å². The molecule has 1 unspecified atom stereocenters. The third kappa shape index (κ3) is 5.38. The number of anilines is 1. The summed E-state index contributed by atoms with van der Waals surface area (Å²) in [5.41, 5.74) is -1.21. The predicted molar refractivity (Wildman–Crippen MR) is 127 cm³/mol. The van der Waals surface area contributed by atoms with Gasteiger partial charge in [-0.3, -0.25) is 14.6 Å². The van der Waals surface area contributed by atoms with Gasteiger partial charge in [-0.1, -0.05) is 33.6 Å². The molecule has 0 fully saturated rings. The minimum atomic E-state index is -4.62. The zero-order chi connectivity index (χ0) is 25.3. The highest BCUT2D eigenvalue weighted by Gasteiger charge is 2.48. The van der Waals surface area contributed by atoms with E-state index in [9.17, 15) is 22.8 Å². The van der Waals surface area contributed by atoms with Crippen LogP contribution in [0.5, 0.6) is 0 Å². The topological polar surface area (TPSA) is 62.2 Å². The van der Waals surface area contributed by atoms with E-state index in [0.29, 0.717) is 5.69 Å². The summed E-state index contributed by atoms with van der Waals surface area (Å²) >= 11 is 9.24. The second-order valence-corrected chi connectivity index (χ2v) is 9.27. The third-order valence-corrected chi connectivity index (χ3v) is 6.28. The number of rotatable bonds is 6. The van der Waals surface area contributed by atoms with Gasteiger partial charge < -0.3 is 9.64 Å². The van der Waals surface area contributed by atoms with E-state index in [0.717, 1.165) is 16.6 Å². The van der Waals surface area contributed by atoms with Crippen molar-refractivity contribution in [2.75, 3.05) is 31.6 Å². The number of hydrogen-bond acceptors (Lipinski definition) is 5. The first-order valence-electron chi connectivity index (χ1n) is 10.3. The number of benzene rings is 2. The van der Waals surface area contributed by atoms with Gasteiger partial charge >= 0.3 is 12.1 Å². The summed E-state index contributed by atoms with van der Waals surface area (Å²) in [7, 11) is 1.62. The maximum absolute atomic E-state index is 13.1. The molecule has 182 valence electrons. The van der Waals surface area contributed by atoms with E-state index in [2.05, 4.69) is 21.0 Å². The number of hydrogen-bond donors (Lipinski definition) is 0. The fraction of sp³-hybridized carbons (Fsp3) is 0.348. The molecule has 1 amide bonds. The highest BCUT2D eigenvalue weighted by molar-refractivity contribution is 9.10. The van der Waals surface area contributed by atoms with Gasteiger partial charge in [0.1, 0.15) is 12.0 Å². The lowest BCUT2D eigenvalue weighted by atomic mass is 9.82. The number of likely N-dealkylation sites (N-methyl/N-ethyl adjacent to an activating group) is 1. The number of halogens is 5. The van der Waals surface area contributed by atoms with Crippen LogP contribution in [0, 0.1) is 5.41 Å². The molecule has 1 heterocycles. The molecule has 0 saturated heterocycles. The summed E-state index contributed by atoms with van der Waals surface area (Å²) < 4.78 is 45.5. The Labute approximate surface area is 208 Å². The average Bonchev–Trinajstić information content (AvgIpc) is 3.10. The Kier molecular flexibility index (Phi) is 7.62. The van der Waals surface area contributed by atoms with Crippen LogP contribution in [0.25, 0.3) is 0 Å². The van der Waals surface area contributed by atoms with Gasteiger partial charge in [-0.15, -0.1) is 0 Å². The van der Waals surface area contributed by atoms with E-state index in [1.54, 1.807) is 45.2 Å². The molecule has 1 aliphatic rings. The van der Waals surface area contributed by atoms with Crippen LogP contribution in [0.2, 0.25) is 5.02 Å². The van der Waals surface area contributed by atoms with Crippen molar-refractivity contribution in [2.24, 2.45) is 10.5 Å². The number of carbonyl (C=O) groups is 2. The highest BCUT2D eigenvalue weighted by Crippen LogP contribution is 2.38. The maximum atomic E-state index is 13.1. The Bertz CT molecular complexity index is 1120.